The smallest absolute Gasteiger partial charge is 0.293 e. The minimum absolute atomic E-state index is 0.130. The van der Waals surface area contributed by atoms with Gasteiger partial charge in [0.1, 0.15) is 5.60 Å². The second-order valence-corrected chi connectivity index (χ2v) is 4.50. The van der Waals surface area contributed by atoms with Crippen LogP contribution >= 0.6 is 0 Å². The lowest BCUT2D eigenvalue weighted by Crippen LogP contribution is -2.24. The summed E-state index contributed by atoms with van der Waals surface area (Å²) in [6, 6.07) is 0.130. The molecule has 0 aromatic heterocycles. The van der Waals surface area contributed by atoms with E-state index in [2.05, 4.69) is 10.1 Å². The molecule has 2 unspecified atom stereocenters. The zero-order chi connectivity index (χ0) is 11.9. The van der Waals surface area contributed by atoms with Crippen LogP contribution in [0.4, 0.5) is 0 Å². The summed E-state index contributed by atoms with van der Waals surface area (Å²) >= 11 is 0. The maximum atomic E-state index is 9.60. The van der Waals surface area contributed by atoms with Crippen molar-refractivity contribution in [2.45, 2.75) is 44.9 Å². The molecule has 1 saturated heterocycles. The van der Waals surface area contributed by atoms with E-state index in [-0.39, 0.29) is 24.4 Å². The predicted molar refractivity (Wildman–Crippen MR) is 56.4 cm³/mol. The highest BCUT2D eigenvalue weighted by Gasteiger charge is 2.20. The van der Waals surface area contributed by atoms with Crippen molar-refractivity contribution in [1.82, 2.24) is 5.32 Å². The minimum Gasteiger partial charge on any atom is -0.462 e. The topological polar surface area (TPSA) is 78.8 Å². The van der Waals surface area contributed by atoms with Gasteiger partial charge in [-0.25, -0.2) is 0 Å². The summed E-state index contributed by atoms with van der Waals surface area (Å²) in [6.07, 6.45) is 0.448. The first-order valence-electron chi connectivity index (χ1n) is 5.03. The largest absolute Gasteiger partial charge is 0.462 e. The SMILES string of the molecule is CC(C)(C)OC=O.OCC1CC(O)CN1. The molecule has 1 heterocycles. The Bertz CT molecular complexity index is 179. The molecule has 1 rings (SSSR count). The maximum absolute atomic E-state index is 9.60. The van der Waals surface area contributed by atoms with Gasteiger partial charge in [0.05, 0.1) is 12.7 Å². The van der Waals surface area contributed by atoms with E-state index >= 15 is 0 Å². The monoisotopic (exact) mass is 219 g/mol. The van der Waals surface area contributed by atoms with Gasteiger partial charge in [0.2, 0.25) is 0 Å². The fourth-order valence-corrected chi connectivity index (χ4v) is 1.08. The standard InChI is InChI=1S/C5H11NO2.C5H10O2/c7-3-4-1-5(8)2-6-4;1-5(2,3)7-4-6/h4-8H,1-3H2;4H,1-3H3. The Morgan fingerprint density at radius 1 is 1.53 bits per heavy atom. The van der Waals surface area contributed by atoms with Gasteiger partial charge < -0.3 is 20.3 Å². The number of carbonyl (C=O) groups is 1. The number of carbonyl (C=O) groups excluding carboxylic acids is 1. The van der Waals surface area contributed by atoms with Crippen LogP contribution in [0, 0.1) is 0 Å². The molecule has 0 amide bonds. The number of hydrogen-bond donors (Lipinski definition) is 3. The lowest BCUT2D eigenvalue weighted by Gasteiger charge is -2.14. The lowest BCUT2D eigenvalue weighted by molar-refractivity contribution is -0.138. The van der Waals surface area contributed by atoms with Crippen molar-refractivity contribution in [3.05, 3.63) is 0 Å². The summed E-state index contributed by atoms with van der Waals surface area (Å²) in [7, 11) is 0. The summed E-state index contributed by atoms with van der Waals surface area (Å²) in [4.78, 5) is 9.60. The minimum atomic E-state index is -0.318. The fourth-order valence-electron chi connectivity index (χ4n) is 1.08. The second-order valence-electron chi connectivity index (χ2n) is 4.50. The van der Waals surface area contributed by atoms with Crippen LogP contribution in [0.5, 0.6) is 0 Å². The van der Waals surface area contributed by atoms with Crippen molar-refractivity contribution < 1.29 is 19.7 Å². The molecular weight excluding hydrogens is 198 g/mol. The number of aliphatic hydroxyl groups excluding tert-OH is 2. The van der Waals surface area contributed by atoms with Crippen molar-refractivity contribution in [1.29, 1.82) is 0 Å². The normalized spacial score (nSPS) is 25.4. The molecule has 0 bridgehead atoms. The first-order valence-corrected chi connectivity index (χ1v) is 5.03. The van der Waals surface area contributed by atoms with E-state index < -0.39 is 0 Å². The van der Waals surface area contributed by atoms with E-state index in [1.54, 1.807) is 0 Å². The summed E-state index contributed by atoms with van der Waals surface area (Å²) in [5, 5.41) is 20.3. The number of ether oxygens (including phenoxy) is 1. The first-order chi connectivity index (χ1) is 6.89. The van der Waals surface area contributed by atoms with E-state index in [9.17, 15) is 4.79 Å². The van der Waals surface area contributed by atoms with Crippen molar-refractivity contribution in [2.24, 2.45) is 0 Å². The van der Waals surface area contributed by atoms with E-state index in [1.165, 1.54) is 0 Å². The molecule has 0 aromatic rings. The van der Waals surface area contributed by atoms with E-state index in [0.717, 1.165) is 0 Å². The molecule has 0 spiro atoms. The van der Waals surface area contributed by atoms with Gasteiger partial charge in [0, 0.05) is 12.6 Å². The summed E-state index contributed by atoms with van der Waals surface area (Å²) in [5.74, 6) is 0. The molecular formula is C10H21NO4. The third-order valence-electron chi connectivity index (χ3n) is 1.82. The van der Waals surface area contributed by atoms with Gasteiger partial charge in [0.15, 0.2) is 0 Å². The van der Waals surface area contributed by atoms with Crippen LogP contribution in [0.3, 0.4) is 0 Å². The van der Waals surface area contributed by atoms with Crippen LogP contribution < -0.4 is 5.32 Å². The molecule has 2 atom stereocenters. The Morgan fingerprint density at radius 3 is 2.27 bits per heavy atom. The molecule has 1 fully saturated rings. The average Bonchev–Trinajstić information content (AvgIpc) is 2.50. The Hall–Kier alpha value is -0.650. The second kappa shape index (κ2) is 6.76. The number of rotatable bonds is 2. The van der Waals surface area contributed by atoms with Gasteiger partial charge in [-0.05, 0) is 27.2 Å². The van der Waals surface area contributed by atoms with Crippen molar-refractivity contribution in [3.8, 4) is 0 Å². The molecule has 5 nitrogen and oxygen atoms in total. The molecule has 1 aliphatic rings. The highest BCUT2D eigenvalue weighted by molar-refractivity contribution is 5.37. The molecule has 5 heteroatoms. The number of nitrogens with one attached hydrogen (secondary N) is 1. The Labute approximate surface area is 90.4 Å². The number of hydrogen-bond acceptors (Lipinski definition) is 5. The van der Waals surface area contributed by atoms with Crippen LogP contribution in [-0.4, -0.2) is 47.6 Å². The van der Waals surface area contributed by atoms with Gasteiger partial charge in [-0.1, -0.05) is 0 Å². The summed E-state index contributed by atoms with van der Waals surface area (Å²) in [6.45, 7) is 6.69. The quantitative estimate of drug-likeness (QED) is 0.554. The number of aliphatic hydroxyl groups is 2. The maximum Gasteiger partial charge on any atom is 0.293 e. The third kappa shape index (κ3) is 8.35. The van der Waals surface area contributed by atoms with Gasteiger partial charge >= 0.3 is 0 Å². The third-order valence-corrected chi connectivity index (χ3v) is 1.82. The molecule has 0 saturated carbocycles. The Kier molecular flexibility index (Phi) is 6.47. The number of β-amino-alcohol motifs (C(OH)–C–C–N with tert-alkyl or cyclic N) is 1. The van der Waals surface area contributed by atoms with Crippen molar-refractivity contribution in [2.75, 3.05) is 13.2 Å². The van der Waals surface area contributed by atoms with Crippen LogP contribution in [-0.2, 0) is 9.53 Å². The molecule has 90 valence electrons. The Morgan fingerprint density at radius 2 is 2.13 bits per heavy atom. The van der Waals surface area contributed by atoms with Crippen molar-refractivity contribution in [3.63, 3.8) is 0 Å². The summed E-state index contributed by atoms with van der Waals surface area (Å²) in [5.41, 5.74) is -0.318. The zero-order valence-corrected chi connectivity index (χ0v) is 9.56. The molecule has 1 aliphatic heterocycles. The highest BCUT2D eigenvalue weighted by Crippen LogP contribution is 2.04. The van der Waals surface area contributed by atoms with Crippen LogP contribution in [0.25, 0.3) is 0 Å². The van der Waals surface area contributed by atoms with Gasteiger partial charge in [-0.2, -0.15) is 0 Å². The molecule has 0 radical (unpaired) electrons. The lowest BCUT2D eigenvalue weighted by atomic mass is 10.2. The van der Waals surface area contributed by atoms with Crippen LogP contribution in [0.2, 0.25) is 0 Å². The molecule has 3 N–H and O–H groups in total. The zero-order valence-electron chi connectivity index (χ0n) is 9.56. The van der Waals surface area contributed by atoms with E-state index in [1.807, 2.05) is 20.8 Å². The fraction of sp³-hybridized carbons (Fsp3) is 0.900. The predicted octanol–water partition coefficient (Wildman–Crippen LogP) is -0.341. The van der Waals surface area contributed by atoms with E-state index in [0.29, 0.717) is 19.4 Å². The van der Waals surface area contributed by atoms with E-state index in [4.69, 9.17) is 10.2 Å². The van der Waals surface area contributed by atoms with Crippen molar-refractivity contribution >= 4 is 6.47 Å². The van der Waals surface area contributed by atoms with Crippen LogP contribution in [0.15, 0.2) is 0 Å². The summed E-state index contributed by atoms with van der Waals surface area (Å²) < 4.78 is 4.55. The highest BCUT2D eigenvalue weighted by atomic mass is 16.5. The van der Waals surface area contributed by atoms with Crippen LogP contribution in [0.1, 0.15) is 27.2 Å². The first kappa shape index (κ1) is 14.3. The average molecular weight is 219 g/mol. The van der Waals surface area contributed by atoms with Gasteiger partial charge in [0.25, 0.3) is 6.47 Å². The van der Waals surface area contributed by atoms with Gasteiger partial charge in [-0.15, -0.1) is 0 Å². The Balaban J connectivity index is 0.000000265. The molecule has 0 aromatic carbocycles. The molecule has 0 aliphatic carbocycles. The van der Waals surface area contributed by atoms with Gasteiger partial charge in [-0.3, -0.25) is 4.79 Å². The molecule has 15 heavy (non-hydrogen) atoms.